The summed E-state index contributed by atoms with van der Waals surface area (Å²) in [4.78, 5) is 2.05. The standard InChI is InChI=1S/C16H17ClN4O3S2/c1-21(2)8-9-24-14-10-11(6-7-12(14)17)20-26(22,23)15-5-3-4-13-16(15)19-25-18-13/h3-7,10,20H,8-9H2,1-2H3. The number of sulfonamides is 1. The lowest BCUT2D eigenvalue weighted by Gasteiger charge is -2.14. The zero-order chi connectivity index (χ0) is 18.7. The highest BCUT2D eigenvalue weighted by Gasteiger charge is 2.20. The number of halogens is 1. The fourth-order valence-electron chi connectivity index (χ4n) is 2.22. The second-order valence-electron chi connectivity index (χ2n) is 5.79. The van der Waals surface area contributed by atoms with Crippen molar-refractivity contribution < 1.29 is 13.2 Å². The third-order valence-corrected chi connectivity index (χ3v) is 5.79. The van der Waals surface area contributed by atoms with E-state index in [9.17, 15) is 8.42 Å². The summed E-state index contributed by atoms with van der Waals surface area (Å²) >= 11 is 7.10. The van der Waals surface area contributed by atoms with Crippen molar-refractivity contribution in [3.05, 3.63) is 41.4 Å². The number of anilines is 1. The van der Waals surface area contributed by atoms with Gasteiger partial charge in [-0.3, -0.25) is 4.72 Å². The van der Waals surface area contributed by atoms with E-state index in [-0.39, 0.29) is 4.90 Å². The number of nitrogens with one attached hydrogen (secondary N) is 1. The van der Waals surface area contributed by atoms with Gasteiger partial charge in [0.2, 0.25) is 0 Å². The number of hydrogen-bond donors (Lipinski definition) is 1. The summed E-state index contributed by atoms with van der Waals surface area (Å²) in [7, 11) is 0.0419. The van der Waals surface area contributed by atoms with Crippen LogP contribution in [0.4, 0.5) is 5.69 Å². The SMILES string of the molecule is CN(C)CCOc1cc(NS(=O)(=O)c2cccc3nsnc23)ccc1Cl. The van der Waals surface area contributed by atoms with Gasteiger partial charge in [-0.2, -0.15) is 8.75 Å². The molecule has 0 fully saturated rings. The molecule has 26 heavy (non-hydrogen) atoms. The van der Waals surface area contributed by atoms with E-state index in [4.69, 9.17) is 16.3 Å². The smallest absolute Gasteiger partial charge is 0.264 e. The molecule has 1 heterocycles. The molecule has 138 valence electrons. The molecule has 0 aliphatic heterocycles. The third kappa shape index (κ3) is 4.24. The molecular weight excluding hydrogens is 396 g/mol. The lowest BCUT2D eigenvalue weighted by atomic mass is 10.3. The van der Waals surface area contributed by atoms with E-state index >= 15 is 0 Å². The van der Waals surface area contributed by atoms with Gasteiger partial charge in [-0.25, -0.2) is 8.42 Å². The number of likely N-dealkylation sites (N-methyl/N-ethyl adjacent to an activating group) is 1. The Balaban J connectivity index is 1.85. The van der Waals surface area contributed by atoms with Crippen LogP contribution >= 0.6 is 23.3 Å². The largest absolute Gasteiger partial charge is 0.491 e. The lowest BCUT2D eigenvalue weighted by molar-refractivity contribution is 0.261. The van der Waals surface area contributed by atoms with Crippen molar-refractivity contribution in [2.45, 2.75) is 4.90 Å². The molecule has 2 aromatic carbocycles. The zero-order valence-electron chi connectivity index (χ0n) is 14.1. The molecular formula is C16H17ClN4O3S2. The molecule has 0 saturated heterocycles. The predicted molar refractivity (Wildman–Crippen MR) is 104 cm³/mol. The first kappa shape index (κ1) is 18.8. The van der Waals surface area contributed by atoms with Gasteiger partial charge < -0.3 is 9.64 Å². The monoisotopic (exact) mass is 412 g/mol. The molecule has 0 saturated carbocycles. The lowest BCUT2D eigenvalue weighted by Crippen LogP contribution is -2.19. The van der Waals surface area contributed by atoms with Crippen molar-refractivity contribution in [2.75, 3.05) is 32.0 Å². The van der Waals surface area contributed by atoms with Crippen LogP contribution in [0.2, 0.25) is 5.02 Å². The van der Waals surface area contributed by atoms with Gasteiger partial charge in [-0.15, -0.1) is 0 Å². The van der Waals surface area contributed by atoms with Gasteiger partial charge in [0.1, 0.15) is 28.3 Å². The summed E-state index contributed by atoms with van der Waals surface area (Å²) in [5.41, 5.74) is 1.25. The molecule has 3 aromatic rings. The summed E-state index contributed by atoms with van der Waals surface area (Å²) in [6.45, 7) is 1.15. The Morgan fingerprint density at radius 2 is 2.04 bits per heavy atom. The van der Waals surface area contributed by atoms with E-state index in [2.05, 4.69) is 13.5 Å². The van der Waals surface area contributed by atoms with Gasteiger partial charge in [0.25, 0.3) is 10.0 Å². The van der Waals surface area contributed by atoms with Crippen LogP contribution in [0.25, 0.3) is 11.0 Å². The summed E-state index contributed by atoms with van der Waals surface area (Å²) in [6, 6.07) is 9.59. The first-order valence-corrected chi connectivity index (χ1v) is 10.3. The molecule has 0 bridgehead atoms. The predicted octanol–water partition coefficient (Wildman–Crippen LogP) is 3.09. The molecule has 0 radical (unpaired) electrons. The Kier molecular flexibility index (Phi) is 5.61. The topological polar surface area (TPSA) is 84.4 Å². The summed E-state index contributed by atoms with van der Waals surface area (Å²) in [5.74, 6) is 0.419. The minimum absolute atomic E-state index is 0.0776. The maximum Gasteiger partial charge on any atom is 0.264 e. The molecule has 0 spiro atoms. The van der Waals surface area contributed by atoms with Crippen LogP contribution in [-0.2, 0) is 10.0 Å². The molecule has 1 aromatic heterocycles. The third-order valence-electron chi connectivity index (χ3n) is 3.52. The van der Waals surface area contributed by atoms with Crippen molar-refractivity contribution in [3.8, 4) is 5.75 Å². The molecule has 10 heteroatoms. The molecule has 0 aliphatic carbocycles. The summed E-state index contributed by atoms with van der Waals surface area (Å²) < 4.78 is 41.8. The Morgan fingerprint density at radius 3 is 2.81 bits per heavy atom. The highest BCUT2D eigenvalue weighted by atomic mass is 35.5. The van der Waals surface area contributed by atoms with Crippen LogP contribution < -0.4 is 9.46 Å². The molecule has 7 nitrogen and oxygen atoms in total. The number of rotatable bonds is 7. The first-order valence-electron chi connectivity index (χ1n) is 7.68. The van der Waals surface area contributed by atoms with E-state index in [1.807, 2.05) is 19.0 Å². The van der Waals surface area contributed by atoms with E-state index in [1.165, 1.54) is 6.07 Å². The summed E-state index contributed by atoms with van der Waals surface area (Å²) in [6.07, 6.45) is 0. The number of fused-ring (bicyclic) bond motifs is 1. The van der Waals surface area contributed by atoms with Gasteiger partial charge in [-0.05, 0) is 38.4 Å². The molecule has 0 aliphatic rings. The average molecular weight is 413 g/mol. The van der Waals surface area contributed by atoms with Crippen LogP contribution in [0.15, 0.2) is 41.3 Å². The Labute approximate surface area is 160 Å². The van der Waals surface area contributed by atoms with Crippen molar-refractivity contribution >= 4 is 50.1 Å². The normalized spacial score (nSPS) is 11.8. The fourth-order valence-corrected chi connectivity index (χ4v) is 4.21. The van der Waals surface area contributed by atoms with Crippen molar-refractivity contribution in [1.82, 2.24) is 13.6 Å². The molecule has 0 unspecified atom stereocenters. The highest BCUT2D eigenvalue weighted by molar-refractivity contribution is 7.93. The van der Waals surface area contributed by atoms with Crippen LogP contribution in [0.5, 0.6) is 5.75 Å². The number of benzene rings is 2. The van der Waals surface area contributed by atoms with Crippen molar-refractivity contribution in [2.24, 2.45) is 0 Å². The Bertz CT molecular complexity index is 1020. The van der Waals surface area contributed by atoms with Gasteiger partial charge in [0.05, 0.1) is 22.4 Å². The molecule has 0 atom stereocenters. The Morgan fingerprint density at radius 1 is 1.23 bits per heavy atom. The van der Waals surface area contributed by atoms with Gasteiger partial charge in [-0.1, -0.05) is 17.7 Å². The van der Waals surface area contributed by atoms with E-state index < -0.39 is 10.0 Å². The van der Waals surface area contributed by atoms with Crippen LogP contribution in [0, 0.1) is 0 Å². The zero-order valence-corrected chi connectivity index (χ0v) is 16.5. The van der Waals surface area contributed by atoms with Crippen molar-refractivity contribution in [3.63, 3.8) is 0 Å². The summed E-state index contributed by atoms with van der Waals surface area (Å²) in [5, 5.41) is 0.414. The number of ether oxygens (including phenoxy) is 1. The Hall–Kier alpha value is -1.94. The average Bonchev–Trinajstić information content (AvgIpc) is 3.05. The van der Waals surface area contributed by atoms with E-state index in [0.717, 1.165) is 11.7 Å². The van der Waals surface area contributed by atoms with E-state index in [0.29, 0.717) is 40.6 Å². The first-order chi connectivity index (χ1) is 12.4. The van der Waals surface area contributed by atoms with Crippen LogP contribution in [0.1, 0.15) is 0 Å². The van der Waals surface area contributed by atoms with Crippen LogP contribution in [-0.4, -0.2) is 49.3 Å². The molecule has 0 amide bonds. The fraction of sp³-hybridized carbons (Fsp3) is 0.250. The van der Waals surface area contributed by atoms with Gasteiger partial charge >= 0.3 is 0 Å². The van der Waals surface area contributed by atoms with Gasteiger partial charge in [0.15, 0.2) is 0 Å². The maximum atomic E-state index is 12.8. The number of aromatic nitrogens is 2. The number of hydrogen-bond acceptors (Lipinski definition) is 7. The maximum absolute atomic E-state index is 12.8. The quantitative estimate of drug-likeness (QED) is 0.641. The molecule has 1 N–H and O–H groups in total. The van der Waals surface area contributed by atoms with E-state index in [1.54, 1.807) is 30.3 Å². The number of nitrogens with zero attached hydrogens (tertiary/aromatic N) is 3. The van der Waals surface area contributed by atoms with Crippen LogP contribution in [0.3, 0.4) is 0 Å². The minimum Gasteiger partial charge on any atom is -0.491 e. The second-order valence-corrected chi connectivity index (χ2v) is 8.38. The van der Waals surface area contributed by atoms with Gasteiger partial charge in [0, 0.05) is 12.6 Å². The van der Waals surface area contributed by atoms with Crippen molar-refractivity contribution in [1.29, 1.82) is 0 Å². The minimum atomic E-state index is -3.83. The second kappa shape index (κ2) is 7.75. The molecule has 3 rings (SSSR count). The highest BCUT2D eigenvalue weighted by Crippen LogP contribution is 2.30.